The molecule has 3 N–H and O–H groups in total. The van der Waals surface area contributed by atoms with Crippen LogP contribution in [0.5, 0.6) is 0 Å². The van der Waals surface area contributed by atoms with Gasteiger partial charge in [-0.1, -0.05) is 6.07 Å². The standard InChI is InChI=1S/C13H14FN3O3/c14-8-2-1-3-9(6-8)16-12(19)7-15-10-4-5-11(18)17-13(10)20/h1-3,6,10,15H,4-5,7H2,(H,16,19)(H,17,18,20). The van der Waals surface area contributed by atoms with Crippen LogP contribution in [0.3, 0.4) is 0 Å². The van der Waals surface area contributed by atoms with Crippen molar-refractivity contribution in [3.8, 4) is 0 Å². The molecule has 1 aliphatic heterocycles. The Bertz CT molecular complexity index is 547. The van der Waals surface area contributed by atoms with Gasteiger partial charge in [0.05, 0.1) is 12.6 Å². The molecule has 6 nitrogen and oxygen atoms in total. The van der Waals surface area contributed by atoms with Crippen LogP contribution < -0.4 is 16.0 Å². The predicted molar refractivity (Wildman–Crippen MR) is 69.2 cm³/mol. The molecular weight excluding hydrogens is 265 g/mol. The fourth-order valence-corrected chi connectivity index (χ4v) is 1.88. The first-order valence-corrected chi connectivity index (χ1v) is 6.17. The Morgan fingerprint density at radius 1 is 1.40 bits per heavy atom. The van der Waals surface area contributed by atoms with Gasteiger partial charge in [-0.05, 0) is 24.6 Å². The van der Waals surface area contributed by atoms with E-state index in [9.17, 15) is 18.8 Å². The average molecular weight is 279 g/mol. The molecule has 20 heavy (non-hydrogen) atoms. The Morgan fingerprint density at radius 3 is 2.90 bits per heavy atom. The predicted octanol–water partition coefficient (Wildman–Crippen LogP) is 0.159. The highest BCUT2D eigenvalue weighted by Crippen LogP contribution is 2.09. The van der Waals surface area contributed by atoms with Crippen LogP contribution in [-0.4, -0.2) is 30.3 Å². The molecule has 1 saturated heterocycles. The molecule has 1 aromatic rings. The van der Waals surface area contributed by atoms with Gasteiger partial charge in [0.1, 0.15) is 5.82 Å². The maximum Gasteiger partial charge on any atom is 0.243 e. The summed E-state index contributed by atoms with van der Waals surface area (Å²) in [7, 11) is 0. The van der Waals surface area contributed by atoms with Gasteiger partial charge >= 0.3 is 0 Å². The van der Waals surface area contributed by atoms with Crippen molar-refractivity contribution in [2.24, 2.45) is 0 Å². The molecule has 0 bridgehead atoms. The molecule has 2 rings (SSSR count). The Labute approximate surface area is 114 Å². The van der Waals surface area contributed by atoms with Crippen molar-refractivity contribution in [3.05, 3.63) is 30.1 Å². The molecule has 1 atom stereocenters. The van der Waals surface area contributed by atoms with Crippen molar-refractivity contribution in [1.82, 2.24) is 10.6 Å². The van der Waals surface area contributed by atoms with E-state index >= 15 is 0 Å². The summed E-state index contributed by atoms with van der Waals surface area (Å²) in [5.74, 6) is -1.57. The number of rotatable bonds is 4. The van der Waals surface area contributed by atoms with Crippen LogP contribution in [0.2, 0.25) is 0 Å². The van der Waals surface area contributed by atoms with E-state index < -0.39 is 17.8 Å². The highest BCUT2D eigenvalue weighted by molar-refractivity contribution is 6.00. The smallest absolute Gasteiger partial charge is 0.243 e. The van der Waals surface area contributed by atoms with Gasteiger partial charge in [-0.15, -0.1) is 0 Å². The summed E-state index contributed by atoms with van der Waals surface area (Å²) in [5.41, 5.74) is 0.347. The third kappa shape index (κ3) is 3.86. The Balaban J connectivity index is 1.80. The lowest BCUT2D eigenvalue weighted by Gasteiger charge is -2.21. The number of carbonyl (C=O) groups excluding carboxylic acids is 3. The van der Waals surface area contributed by atoms with Crippen LogP contribution in [0.1, 0.15) is 12.8 Å². The van der Waals surface area contributed by atoms with Gasteiger partial charge in [0.25, 0.3) is 0 Å². The van der Waals surface area contributed by atoms with Gasteiger partial charge in [0.15, 0.2) is 0 Å². The summed E-state index contributed by atoms with van der Waals surface area (Å²) < 4.78 is 12.9. The van der Waals surface area contributed by atoms with Gasteiger partial charge in [0, 0.05) is 12.1 Å². The molecule has 0 saturated carbocycles. The second-order valence-electron chi connectivity index (χ2n) is 4.44. The van der Waals surface area contributed by atoms with Crippen LogP contribution in [0.25, 0.3) is 0 Å². The third-order valence-corrected chi connectivity index (χ3v) is 2.86. The molecule has 0 radical (unpaired) electrons. The first-order chi connectivity index (χ1) is 9.54. The minimum absolute atomic E-state index is 0.0945. The number of imide groups is 1. The van der Waals surface area contributed by atoms with Gasteiger partial charge in [0.2, 0.25) is 17.7 Å². The first kappa shape index (κ1) is 14.1. The summed E-state index contributed by atoms with van der Waals surface area (Å²) in [6.07, 6.45) is 0.604. The summed E-state index contributed by atoms with van der Waals surface area (Å²) >= 11 is 0. The van der Waals surface area contributed by atoms with E-state index in [-0.39, 0.29) is 24.8 Å². The van der Waals surface area contributed by atoms with Crippen LogP contribution in [-0.2, 0) is 14.4 Å². The minimum atomic E-state index is -0.564. The zero-order chi connectivity index (χ0) is 14.5. The normalized spacial score (nSPS) is 18.6. The largest absolute Gasteiger partial charge is 0.325 e. The van der Waals surface area contributed by atoms with E-state index in [0.29, 0.717) is 12.1 Å². The van der Waals surface area contributed by atoms with E-state index in [0.717, 1.165) is 0 Å². The number of anilines is 1. The monoisotopic (exact) mass is 279 g/mol. The fourth-order valence-electron chi connectivity index (χ4n) is 1.88. The van der Waals surface area contributed by atoms with Crippen molar-refractivity contribution in [2.75, 3.05) is 11.9 Å². The molecule has 1 aliphatic rings. The lowest BCUT2D eigenvalue weighted by Crippen LogP contribution is -2.52. The van der Waals surface area contributed by atoms with Crippen LogP contribution in [0.4, 0.5) is 10.1 Å². The number of halogens is 1. The molecule has 7 heteroatoms. The molecular formula is C13H14FN3O3. The van der Waals surface area contributed by atoms with E-state index in [2.05, 4.69) is 16.0 Å². The third-order valence-electron chi connectivity index (χ3n) is 2.86. The van der Waals surface area contributed by atoms with Crippen molar-refractivity contribution in [1.29, 1.82) is 0 Å². The summed E-state index contributed by atoms with van der Waals surface area (Å²) in [6.45, 7) is -0.0945. The Hall–Kier alpha value is -2.28. The number of piperidine rings is 1. The SMILES string of the molecule is O=C1CCC(NCC(=O)Nc2cccc(F)c2)C(=O)N1. The molecule has 1 heterocycles. The molecule has 3 amide bonds. The molecule has 0 aliphatic carbocycles. The second-order valence-corrected chi connectivity index (χ2v) is 4.44. The maximum atomic E-state index is 12.9. The fraction of sp³-hybridized carbons (Fsp3) is 0.308. The van der Waals surface area contributed by atoms with Crippen molar-refractivity contribution in [2.45, 2.75) is 18.9 Å². The molecule has 0 spiro atoms. The van der Waals surface area contributed by atoms with E-state index in [4.69, 9.17) is 0 Å². The number of nitrogens with one attached hydrogen (secondary N) is 3. The van der Waals surface area contributed by atoms with Crippen molar-refractivity contribution >= 4 is 23.4 Å². The number of amides is 3. The molecule has 0 aromatic heterocycles. The zero-order valence-electron chi connectivity index (χ0n) is 10.6. The van der Waals surface area contributed by atoms with E-state index in [1.165, 1.54) is 18.2 Å². The summed E-state index contributed by atoms with van der Waals surface area (Å²) in [5, 5.41) is 7.45. The first-order valence-electron chi connectivity index (χ1n) is 6.17. The van der Waals surface area contributed by atoms with Crippen LogP contribution >= 0.6 is 0 Å². The molecule has 106 valence electrons. The Morgan fingerprint density at radius 2 is 2.20 bits per heavy atom. The molecule has 1 aromatic carbocycles. The van der Waals surface area contributed by atoms with Gasteiger partial charge in [-0.2, -0.15) is 0 Å². The molecule has 1 fully saturated rings. The lowest BCUT2D eigenvalue weighted by molar-refractivity contribution is -0.134. The highest BCUT2D eigenvalue weighted by Gasteiger charge is 2.26. The maximum absolute atomic E-state index is 12.9. The van der Waals surface area contributed by atoms with Crippen molar-refractivity contribution in [3.63, 3.8) is 0 Å². The molecule has 1 unspecified atom stereocenters. The minimum Gasteiger partial charge on any atom is -0.325 e. The van der Waals surface area contributed by atoms with E-state index in [1.807, 2.05) is 0 Å². The second kappa shape index (κ2) is 6.25. The Kier molecular flexibility index (Phi) is 4.41. The quantitative estimate of drug-likeness (QED) is 0.685. The van der Waals surface area contributed by atoms with Gasteiger partial charge < -0.3 is 5.32 Å². The highest BCUT2D eigenvalue weighted by atomic mass is 19.1. The number of carbonyl (C=O) groups is 3. The topological polar surface area (TPSA) is 87.3 Å². The summed E-state index contributed by atoms with van der Waals surface area (Å²) in [4.78, 5) is 34.0. The summed E-state index contributed by atoms with van der Waals surface area (Å²) in [6, 6.07) is 4.96. The van der Waals surface area contributed by atoms with Crippen molar-refractivity contribution < 1.29 is 18.8 Å². The number of hydrogen-bond acceptors (Lipinski definition) is 4. The lowest BCUT2D eigenvalue weighted by atomic mass is 10.1. The van der Waals surface area contributed by atoms with E-state index in [1.54, 1.807) is 6.07 Å². The number of benzene rings is 1. The van der Waals surface area contributed by atoms with Crippen LogP contribution in [0.15, 0.2) is 24.3 Å². The van der Waals surface area contributed by atoms with Crippen LogP contribution in [0, 0.1) is 5.82 Å². The van der Waals surface area contributed by atoms with Gasteiger partial charge in [-0.25, -0.2) is 4.39 Å². The average Bonchev–Trinajstić information content (AvgIpc) is 2.37. The zero-order valence-corrected chi connectivity index (χ0v) is 10.6. The van der Waals surface area contributed by atoms with Gasteiger partial charge in [-0.3, -0.25) is 25.0 Å². The number of hydrogen-bond donors (Lipinski definition) is 3.